The Morgan fingerprint density at radius 3 is 2.33 bits per heavy atom. The summed E-state index contributed by atoms with van der Waals surface area (Å²) in [6.45, 7) is 3.69. The van der Waals surface area contributed by atoms with E-state index in [-0.39, 0.29) is 54.9 Å². The Labute approximate surface area is 258 Å². The lowest BCUT2D eigenvalue weighted by Crippen LogP contribution is -2.52. The first-order chi connectivity index (χ1) is 20.4. The van der Waals surface area contributed by atoms with Crippen LogP contribution < -0.4 is 14.4 Å². The molecule has 8 nitrogen and oxygen atoms in total. The molecule has 0 spiro atoms. The summed E-state index contributed by atoms with van der Waals surface area (Å²) in [5.41, 5.74) is 1.45. The predicted molar refractivity (Wildman–Crippen MR) is 168 cm³/mol. The number of benzene rings is 3. The van der Waals surface area contributed by atoms with Gasteiger partial charge in [0.2, 0.25) is 21.8 Å². The largest absolute Gasteiger partial charge is 0.495 e. The van der Waals surface area contributed by atoms with Gasteiger partial charge in [-0.15, -0.1) is 0 Å². The average molecular weight is 632 g/mol. The number of halogens is 2. The molecule has 2 atom stereocenters. The van der Waals surface area contributed by atoms with Crippen molar-refractivity contribution in [2.45, 2.75) is 58.2 Å². The minimum Gasteiger partial charge on any atom is -0.495 e. The van der Waals surface area contributed by atoms with Crippen LogP contribution in [0.2, 0.25) is 5.02 Å². The Morgan fingerprint density at radius 1 is 1.05 bits per heavy atom. The maximum Gasteiger partial charge on any atom is 0.243 e. The predicted octanol–water partition coefficient (Wildman–Crippen LogP) is 5.59. The molecular formula is C32H39ClFN3O5S. The normalized spacial score (nSPS) is 12.7. The van der Waals surface area contributed by atoms with Crippen LogP contribution in [0.3, 0.4) is 0 Å². The number of nitrogens with zero attached hydrogens (tertiary/aromatic N) is 2. The van der Waals surface area contributed by atoms with Gasteiger partial charge in [-0.05, 0) is 49.6 Å². The summed E-state index contributed by atoms with van der Waals surface area (Å²) in [4.78, 5) is 28.9. The standard InChI is InChI=1S/C32H39ClFN3O5S/c1-5-23(2)35-32(39)29(20-24-12-7-6-8-13-24)36(22-25-14-9-10-15-28(25)34)31(38)16-11-19-37(43(4,40)41)26-17-18-30(42-3)27(33)21-26/h6-10,12-15,17-18,21,23,29H,5,11,16,19-20,22H2,1-4H3,(H,35,39)/t23-,29+/m1/s1. The molecule has 0 aliphatic heterocycles. The highest BCUT2D eigenvalue weighted by atomic mass is 35.5. The number of hydrogen-bond acceptors (Lipinski definition) is 5. The van der Waals surface area contributed by atoms with Crippen molar-refractivity contribution in [2.75, 3.05) is 24.2 Å². The summed E-state index contributed by atoms with van der Waals surface area (Å²) in [7, 11) is -2.26. The number of anilines is 1. The number of rotatable bonds is 15. The quantitative estimate of drug-likeness (QED) is 0.236. The van der Waals surface area contributed by atoms with Crippen molar-refractivity contribution < 1.29 is 27.1 Å². The Bertz CT molecular complexity index is 1490. The van der Waals surface area contributed by atoms with Crippen molar-refractivity contribution in [3.05, 3.63) is 94.8 Å². The van der Waals surface area contributed by atoms with Gasteiger partial charge in [0.1, 0.15) is 17.6 Å². The van der Waals surface area contributed by atoms with E-state index in [0.29, 0.717) is 17.9 Å². The van der Waals surface area contributed by atoms with E-state index in [1.807, 2.05) is 44.2 Å². The monoisotopic (exact) mass is 631 g/mol. The van der Waals surface area contributed by atoms with Crippen molar-refractivity contribution in [3.8, 4) is 5.75 Å². The van der Waals surface area contributed by atoms with Gasteiger partial charge in [0, 0.05) is 37.5 Å². The third-order valence-electron chi connectivity index (χ3n) is 7.15. The lowest BCUT2D eigenvalue weighted by atomic mass is 10.0. The van der Waals surface area contributed by atoms with E-state index in [1.54, 1.807) is 30.3 Å². The average Bonchev–Trinajstić information content (AvgIpc) is 2.97. The number of amides is 2. The fraction of sp³-hybridized carbons (Fsp3) is 0.375. The second kappa shape index (κ2) is 15.7. The molecule has 3 rings (SSSR count). The van der Waals surface area contributed by atoms with E-state index in [0.717, 1.165) is 11.8 Å². The summed E-state index contributed by atoms with van der Waals surface area (Å²) in [6.07, 6.45) is 2.07. The molecule has 0 unspecified atom stereocenters. The van der Waals surface area contributed by atoms with Crippen LogP contribution in [0.15, 0.2) is 72.8 Å². The molecule has 3 aromatic rings. The van der Waals surface area contributed by atoms with Gasteiger partial charge in [0.05, 0.1) is 24.1 Å². The lowest BCUT2D eigenvalue weighted by Gasteiger charge is -2.33. The molecule has 0 fully saturated rings. The van der Waals surface area contributed by atoms with Gasteiger partial charge in [-0.25, -0.2) is 12.8 Å². The van der Waals surface area contributed by atoms with E-state index < -0.39 is 27.8 Å². The maximum absolute atomic E-state index is 14.8. The molecule has 43 heavy (non-hydrogen) atoms. The molecule has 0 bridgehead atoms. The van der Waals surface area contributed by atoms with Crippen molar-refractivity contribution in [1.82, 2.24) is 10.2 Å². The SMILES string of the molecule is CC[C@@H](C)NC(=O)[C@H](Cc1ccccc1)N(Cc1ccccc1F)C(=O)CCCN(c1ccc(OC)c(Cl)c1)S(C)(=O)=O. The van der Waals surface area contributed by atoms with Gasteiger partial charge >= 0.3 is 0 Å². The summed E-state index contributed by atoms with van der Waals surface area (Å²) < 4.78 is 46.5. The number of carbonyl (C=O) groups excluding carboxylic acids is 2. The van der Waals surface area contributed by atoms with E-state index in [9.17, 15) is 22.4 Å². The Hall–Kier alpha value is -3.63. The van der Waals surface area contributed by atoms with Gasteiger partial charge in [0.15, 0.2) is 0 Å². The van der Waals surface area contributed by atoms with Crippen molar-refractivity contribution in [3.63, 3.8) is 0 Å². The Morgan fingerprint density at radius 2 is 1.72 bits per heavy atom. The molecule has 0 saturated heterocycles. The maximum atomic E-state index is 14.8. The zero-order valence-corrected chi connectivity index (χ0v) is 26.5. The minimum atomic E-state index is -3.72. The summed E-state index contributed by atoms with van der Waals surface area (Å²) in [5, 5.41) is 3.23. The molecule has 0 heterocycles. The molecule has 1 N–H and O–H groups in total. The van der Waals surface area contributed by atoms with Gasteiger partial charge in [-0.3, -0.25) is 13.9 Å². The fourth-order valence-electron chi connectivity index (χ4n) is 4.62. The van der Waals surface area contributed by atoms with Crippen LogP contribution in [0, 0.1) is 5.82 Å². The number of sulfonamides is 1. The smallest absolute Gasteiger partial charge is 0.243 e. The summed E-state index contributed by atoms with van der Waals surface area (Å²) in [5.74, 6) is -0.822. The van der Waals surface area contributed by atoms with E-state index >= 15 is 0 Å². The number of nitrogens with one attached hydrogen (secondary N) is 1. The van der Waals surface area contributed by atoms with Crippen LogP contribution in [-0.4, -0.2) is 57.1 Å². The number of ether oxygens (including phenoxy) is 1. The van der Waals surface area contributed by atoms with Crippen LogP contribution in [0.5, 0.6) is 5.75 Å². The highest BCUT2D eigenvalue weighted by Gasteiger charge is 2.31. The van der Waals surface area contributed by atoms with Crippen molar-refractivity contribution >= 4 is 39.1 Å². The summed E-state index contributed by atoms with van der Waals surface area (Å²) in [6, 6.07) is 19.0. The number of hydrogen-bond donors (Lipinski definition) is 1. The van der Waals surface area contributed by atoms with Crippen molar-refractivity contribution in [2.24, 2.45) is 0 Å². The van der Waals surface area contributed by atoms with E-state index in [1.165, 1.54) is 28.4 Å². The third kappa shape index (κ3) is 9.69. The minimum absolute atomic E-state index is 0.0107. The molecule has 2 amide bonds. The highest BCUT2D eigenvalue weighted by molar-refractivity contribution is 7.92. The number of methoxy groups -OCH3 is 1. The number of carbonyl (C=O) groups is 2. The van der Waals surface area contributed by atoms with Gasteiger partial charge in [-0.2, -0.15) is 0 Å². The van der Waals surface area contributed by atoms with Crippen LogP contribution in [0.4, 0.5) is 10.1 Å². The van der Waals surface area contributed by atoms with Crippen LogP contribution in [0.1, 0.15) is 44.2 Å². The first-order valence-corrected chi connectivity index (χ1v) is 16.4. The second-order valence-corrected chi connectivity index (χ2v) is 12.7. The van der Waals surface area contributed by atoms with Crippen molar-refractivity contribution in [1.29, 1.82) is 0 Å². The molecule has 3 aromatic carbocycles. The highest BCUT2D eigenvalue weighted by Crippen LogP contribution is 2.30. The third-order valence-corrected chi connectivity index (χ3v) is 8.64. The van der Waals surface area contributed by atoms with Gasteiger partial charge in [0.25, 0.3) is 0 Å². The van der Waals surface area contributed by atoms with E-state index in [2.05, 4.69) is 5.32 Å². The molecule has 0 aromatic heterocycles. The second-order valence-electron chi connectivity index (χ2n) is 10.4. The Kier molecular flexibility index (Phi) is 12.4. The lowest BCUT2D eigenvalue weighted by molar-refractivity contribution is -0.141. The van der Waals surface area contributed by atoms with Gasteiger partial charge < -0.3 is 15.0 Å². The molecule has 11 heteroatoms. The first kappa shape index (κ1) is 33.9. The molecule has 232 valence electrons. The van der Waals surface area contributed by atoms with Gasteiger partial charge in [-0.1, -0.05) is 67.1 Å². The molecule has 0 radical (unpaired) electrons. The van der Waals surface area contributed by atoms with Crippen LogP contribution >= 0.6 is 11.6 Å². The zero-order valence-electron chi connectivity index (χ0n) is 24.9. The zero-order chi connectivity index (χ0) is 31.6. The molecular weight excluding hydrogens is 593 g/mol. The molecule has 0 aliphatic rings. The van der Waals surface area contributed by atoms with Crippen LogP contribution in [0.25, 0.3) is 0 Å². The molecule has 0 aliphatic carbocycles. The van der Waals surface area contributed by atoms with E-state index in [4.69, 9.17) is 16.3 Å². The topological polar surface area (TPSA) is 96.0 Å². The first-order valence-electron chi connectivity index (χ1n) is 14.1. The fourth-order valence-corrected chi connectivity index (χ4v) is 5.83. The molecule has 0 saturated carbocycles. The summed E-state index contributed by atoms with van der Waals surface area (Å²) >= 11 is 6.24. The Balaban J connectivity index is 1.90. The van der Waals surface area contributed by atoms with Crippen LogP contribution in [-0.2, 0) is 32.6 Å².